The predicted molar refractivity (Wildman–Crippen MR) is 64.1 cm³/mol. The lowest BCUT2D eigenvalue weighted by molar-refractivity contribution is -0.131. The highest BCUT2D eigenvalue weighted by molar-refractivity contribution is 5.81. The van der Waals surface area contributed by atoms with Crippen molar-refractivity contribution in [3.63, 3.8) is 0 Å². The van der Waals surface area contributed by atoms with Crippen LogP contribution in [-0.2, 0) is 9.53 Å². The first-order chi connectivity index (χ1) is 7.77. The number of hydrogen-bond acceptors (Lipinski definition) is 3. The lowest BCUT2D eigenvalue weighted by Gasteiger charge is -2.23. The number of amides is 1. The summed E-state index contributed by atoms with van der Waals surface area (Å²) >= 11 is 0. The van der Waals surface area contributed by atoms with E-state index in [0.717, 1.165) is 12.8 Å². The summed E-state index contributed by atoms with van der Waals surface area (Å²) in [4.78, 5) is 11.8. The van der Waals surface area contributed by atoms with Gasteiger partial charge in [-0.15, -0.1) is 0 Å². The van der Waals surface area contributed by atoms with Crippen molar-refractivity contribution in [1.82, 2.24) is 5.32 Å². The fraction of sp³-hybridized carbons (Fsp3) is 0.917. The molecule has 1 aliphatic rings. The van der Waals surface area contributed by atoms with Crippen LogP contribution >= 0.6 is 0 Å². The minimum atomic E-state index is -0.495. The SMILES string of the molecule is COC(CN)C(=O)NC1CCCCCCC1. The van der Waals surface area contributed by atoms with E-state index in [-0.39, 0.29) is 12.5 Å². The molecule has 1 rings (SSSR count). The highest BCUT2D eigenvalue weighted by atomic mass is 16.5. The van der Waals surface area contributed by atoms with Crippen molar-refractivity contribution in [1.29, 1.82) is 0 Å². The average molecular weight is 228 g/mol. The third-order valence-corrected chi connectivity index (χ3v) is 3.24. The summed E-state index contributed by atoms with van der Waals surface area (Å²) in [6.45, 7) is 0.245. The van der Waals surface area contributed by atoms with E-state index in [2.05, 4.69) is 5.32 Å². The van der Waals surface area contributed by atoms with Crippen molar-refractivity contribution >= 4 is 5.91 Å². The molecule has 0 aromatic heterocycles. The van der Waals surface area contributed by atoms with Crippen molar-refractivity contribution in [2.75, 3.05) is 13.7 Å². The van der Waals surface area contributed by atoms with Crippen LogP contribution in [0, 0.1) is 0 Å². The van der Waals surface area contributed by atoms with Gasteiger partial charge in [-0.05, 0) is 12.8 Å². The molecule has 1 atom stereocenters. The van der Waals surface area contributed by atoms with Gasteiger partial charge in [-0.3, -0.25) is 4.79 Å². The molecule has 94 valence electrons. The number of carbonyl (C=O) groups is 1. The lowest BCUT2D eigenvalue weighted by atomic mass is 9.96. The largest absolute Gasteiger partial charge is 0.370 e. The zero-order valence-electron chi connectivity index (χ0n) is 10.2. The van der Waals surface area contributed by atoms with Gasteiger partial charge in [-0.2, -0.15) is 0 Å². The zero-order valence-corrected chi connectivity index (χ0v) is 10.2. The fourth-order valence-electron chi connectivity index (χ4n) is 2.20. The Morgan fingerprint density at radius 3 is 2.38 bits per heavy atom. The summed E-state index contributed by atoms with van der Waals surface area (Å²) in [5.41, 5.74) is 5.46. The Hall–Kier alpha value is -0.610. The van der Waals surface area contributed by atoms with E-state index in [1.807, 2.05) is 0 Å². The van der Waals surface area contributed by atoms with Crippen molar-refractivity contribution in [2.24, 2.45) is 5.73 Å². The highest BCUT2D eigenvalue weighted by Gasteiger charge is 2.20. The number of hydrogen-bond donors (Lipinski definition) is 2. The Balaban J connectivity index is 2.35. The van der Waals surface area contributed by atoms with Crippen LogP contribution in [0.1, 0.15) is 44.9 Å². The first-order valence-electron chi connectivity index (χ1n) is 6.31. The molecule has 0 heterocycles. The van der Waals surface area contributed by atoms with Gasteiger partial charge in [0.15, 0.2) is 0 Å². The van der Waals surface area contributed by atoms with E-state index in [9.17, 15) is 4.79 Å². The van der Waals surface area contributed by atoms with Gasteiger partial charge in [-0.25, -0.2) is 0 Å². The number of nitrogens with two attached hydrogens (primary N) is 1. The van der Waals surface area contributed by atoms with E-state index >= 15 is 0 Å². The molecule has 0 saturated heterocycles. The van der Waals surface area contributed by atoms with Crippen molar-refractivity contribution in [2.45, 2.75) is 57.1 Å². The second-order valence-electron chi connectivity index (χ2n) is 4.51. The van der Waals surface area contributed by atoms with Crippen LogP contribution in [-0.4, -0.2) is 31.7 Å². The Kier molecular flexibility index (Phi) is 6.42. The first kappa shape index (κ1) is 13.5. The minimum absolute atomic E-state index is 0.0597. The number of rotatable bonds is 4. The predicted octanol–water partition coefficient (Wildman–Crippen LogP) is 1.19. The number of ether oxygens (including phenoxy) is 1. The highest BCUT2D eigenvalue weighted by Crippen LogP contribution is 2.17. The van der Waals surface area contributed by atoms with Gasteiger partial charge in [0.05, 0.1) is 0 Å². The molecule has 0 aromatic carbocycles. The molecule has 0 bridgehead atoms. The Morgan fingerprint density at radius 2 is 1.88 bits per heavy atom. The molecular weight excluding hydrogens is 204 g/mol. The van der Waals surface area contributed by atoms with E-state index in [4.69, 9.17) is 10.5 Å². The fourth-order valence-corrected chi connectivity index (χ4v) is 2.20. The summed E-state index contributed by atoms with van der Waals surface area (Å²) in [6, 6.07) is 0.317. The summed E-state index contributed by atoms with van der Waals surface area (Å²) < 4.78 is 5.02. The molecule has 0 radical (unpaired) electrons. The van der Waals surface area contributed by atoms with Gasteiger partial charge in [0.25, 0.3) is 5.91 Å². The van der Waals surface area contributed by atoms with E-state index in [1.54, 1.807) is 0 Å². The van der Waals surface area contributed by atoms with Crippen LogP contribution < -0.4 is 11.1 Å². The van der Waals surface area contributed by atoms with E-state index in [0.29, 0.717) is 6.04 Å². The van der Waals surface area contributed by atoms with Crippen LogP contribution in [0.4, 0.5) is 0 Å². The van der Waals surface area contributed by atoms with Crippen LogP contribution in [0.25, 0.3) is 0 Å². The molecule has 0 spiro atoms. The van der Waals surface area contributed by atoms with Crippen molar-refractivity contribution in [3.8, 4) is 0 Å². The molecule has 4 nitrogen and oxygen atoms in total. The van der Waals surface area contributed by atoms with Gasteiger partial charge in [0, 0.05) is 19.7 Å². The summed E-state index contributed by atoms with van der Waals surface area (Å²) in [5.74, 6) is -0.0597. The van der Waals surface area contributed by atoms with Crippen LogP contribution in [0.3, 0.4) is 0 Å². The van der Waals surface area contributed by atoms with Crippen LogP contribution in [0.2, 0.25) is 0 Å². The molecule has 16 heavy (non-hydrogen) atoms. The molecule has 1 amide bonds. The first-order valence-corrected chi connectivity index (χ1v) is 6.31. The Labute approximate surface area is 97.9 Å². The van der Waals surface area contributed by atoms with E-state index in [1.165, 1.54) is 39.2 Å². The maximum absolute atomic E-state index is 11.8. The summed E-state index contributed by atoms with van der Waals surface area (Å²) in [6.07, 6.45) is 8.03. The molecule has 1 unspecified atom stereocenters. The molecule has 4 heteroatoms. The molecule has 1 fully saturated rings. The summed E-state index contributed by atoms with van der Waals surface area (Å²) in [5, 5.41) is 3.04. The normalized spacial score (nSPS) is 20.9. The third kappa shape index (κ3) is 4.49. The van der Waals surface area contributed by atoms with Gasteiger partial charge in [0.2, 0.25) is 0 Å². The van der Waals surface area contributed by atoms with Gasteiger partial charge < -0.3 is 15.8 Å². The van der Waals surface area contributed by atoms with Gasteiger partial charge >= 0.3 is 0 Å². The monoisotopic (exact) mass is 228 g/mol. The van der Waals surface area contributed by atoms with Crippen molar-refractivity contribution < 1.29 is 9.53 Å². The molecular formula is C12H24N2O2. The second-order valence-corrected chi connectivity index (χ2v) is 4.51. The minimum Gasteiger partial charge on any atom is -0.370 e. The van der Waals surface area contributed by atoms with Gasteiger partial charge in [-0.1, -0.05) is 32.1 Å². The second kappa shape index (κ2) is 7.63. The Bertz CT molecular complexity index is 197. The number of carbonyl (C=O) groups excluding carboxylic acids is 1. The maximum atomic E-state index is 11.8. The smallest absolute Gasteiger partial charge is 0.250 e. The third-order valence-electron chi connectivity index (χ3n) is 3.24. The lowest BCUT2D eigenvalue weighted by Crippen LogP contribution is -2.45. The van der Waals surface area contributed by atoms with Gasteiger partial charge in [0.1, 0.15) is 6.10 Å². The van der Waals surface area contributed by atoms with Crippen molar-refractivity contribution in [3.05, 3.63) is 0 Å². The molecule has 1 aliphatic carbocycles. The van der Waals surface area contributed by atoms with E-state index < -0.39 is 6.10 Å². The molecule has 0 aromatic rings. The zero-order chi connectivity index (χ0) is 11.8. The molecule has 3 N–H and O–H groups in total. The maximum Gasteiger partial charge on any atom is 0.250 e. The summed E-state index contributed by atoms with van der Waals surface area (Å²) in [7, 11) is 1.52. The quantitative estimate of drug-likeness (QED) is 0.759. The average Bonchev–Trinajstić information content (AvgIpc) is 2.23. The number of nitrogens with one attached hydrogen (secondary N) is 1. The standard InChI is InChI=1S/C12H24N2O2/c1-16-11(9-13)12(15)14-10-7-5-3-2-4-6-8-10/h10-11H,2-9,13H2,1H3,(H,14,15). The topological polar surface area (TPSA) is 64.3 Å². The molecule has 1 saturated carbocycles. The molecule has 0 aliphatic heterocycles. The Morgan fingerprint density at radius 1 is 1.31 bits per heavy atom. The number of methoxy groups -OCH3 is 1. The van der Waals surface area contributed by atoms with Crippen LogP contribution in [0.15, 0.2) is 0 Å². The van der Waals surface area contributed by atoms with Crippen LogP contribution in [0.5, 0.6) is 0 Å².